The lowest BCUT2D eigenvalue weighted by atomic mass is 10.1. The molecule has 0 saturated heterocycles. The summed E-state index contributed by atoms with van der Waals surface area (Å²) in [5.74, 6) is 1.68. The van der Waals surface area contributed by atoms with Gasteiger partial charge >= 0.3 is 0 Å². The number of nitrogens with zero attached hydrogens (tertiary/aromatic N) is 2. The molecule has 25 heavy (non-hydrogen) atoms. The maximum Gasteiger partial charge on any atom is 0.191 e. The third-order valence-electron chi connectivity index (χ3n) is 3.76. The van der Waals surface area contributed by atoms with E-state index in [1.54, 1.807) is 14.2 Å². The van der Waals surface area contributed by atoms with Gasteiger partial charge in [-0.1, -0.05) is 19.1 Å². The van der Waals surface area contributed by atoms with Crippen molar-refractivity contribution in [3.05, 3.63) is 29.3 Å². The number of halogens is 1. The van der Waals surface area contributed by atoms with Crippen LogP contribution in [0.4, 0.5) is 0 Å². The van der Waals surface area contributed by atoms with E-state index in [2.05, 4.69) is 59.6 Å². The van der Waals surface area contributed by atoms with Crippen LogP contribution < -0.4 is 15.4 Å². The second-order valence-electron chi connectivity index (χ2n) is 5.70. The molecule has 0 radical (unpaired) electrons. The topological polar surface area (TPSA) is 58.1 Å². The minimum atomic E-state index is 0. The van der Waals surface area contributed by atoms with Crippen molar-refractivity contribution < 1.29 is 9.47 Å². The summed E-state index contributed by atoms with van der Waals surface area (Å²) >= 11 is 0. The van der Waals surface area contributed by atoms with Crippen LogP contribution in [-0.4, -0.2) is 64.9 Å². The zero-order valence-corrected chi connectivity index (χ0v) is 18.4. The van der Waals surface area contributed by atoms with Crippen molar-refractivity contribution >= 4 is 29.9 Å². The van der Waals surface area contributed by atoms with Gasteiger partial charge in [0.25, 0.3) is 0 Å². The van der Waals surface area contributed by atoms with E-state index in [9.17, 15) is 0 Å². The second kappa shape index (κ2) is 14.1. The van der Waals surface area contributed by atoms with Crippen molar-refractivity contribution in [2.45, 2.75) is 20.4 Å². The van der Waals surface area contributed by atoms with E-state index in [4.69, 9.17) is 9.47 Å². The van der Waals surface area contributed by atoms with E-state index in [0.717, 1.165) is 36.9 Å². The summed E-state index contributed by atoms with van der Waals surface area (Å²) in [5, 5.41) is 6.66. The van der Waals surface area contributed by atoms with Crippen molar-refractivity contribution in [3.63, 3.8) is 0 Å². The molecular weight excluding hydrogens is 431 g/mol. The van der Waals surface area contributed by atoms with Crippen LogP contribution >= 0.6 is 24.0 Å². The van der Waals surface area contributed by atoms with Crippen LogP contribution in [0.3, 0.4) is 0 Å². The van der Waals surface area contributed by atoms with Crippen LogP contribution in [0.2, 0.25) is 0 Å². The minimum absolute atomic E-state index is 0. The maximum atomic E-state index is 5.82. The zero-order valence-electron chi connectivity index (χ0n) is 16.1. The lowest BCUT2D eigenvalue weighted by Crippen LogP contribution is -2.40. The normalized spacial score (nSPS) is 11.2. The summed E-state index contributed by atoms with van der Waals surface area (Å²) in [4.78, 5) is 6.52. The molecule has 144 valence electrons. The molecule has 0 fully saturated rings. The summed E-state index contributed by atoms with van der Waals surface area (Å²) in [6.45, 7) is 8.87. The Morgan fingerprint density at radius 3 is 2.64 bits per heavy atom. The third-order valence-corrected chi connectivity index (χ3v) is 3.76. The van der Waals surface area contributed by atoms with Crippen molar-refractivity contribution in [1.82, 2.24) is 15.5 Å². The molecule has 2 N–H and O–H groups in total. The Morgan fingerprint density at radius 2 is 2.00 bits per heavy atom. The first-order chi connectivity index (χ1) is 11.6. The molecular formula is C18H33IN4O2. The molecule has 0 saturated carbocycles. The molecule has 6 nitrogen and oxygen atoms in total. The number of aryl methyl sites for hydroxylation is 1. The molecule has 0 aliphatic carbocycles. The summed E-state index contributed by atoms with van der Waals surface area (Å²) in [6.07, 6.45) is 0. The van der Waals surface area contributed by atoms with Crippen LogP contribution in [0.25, 0.3) is 0 Å². The van der Waals surface area contributed by atoms with Crippen molar-refractivity contribution in [2.24, 2.45) is 4.99 Å². The van der Waals surface area contributed by atoms with Crippen LogP contribution in [0.5, 0.6) is 5.75 Å². The van der Waals surface area contributed by atoms with Crippen molar-refractivity contribution in [3.8, 4) is 5.75 Å². The number of rotatable bonds is 10. The first-order valence-electron chi connectivity index (χ1n) is 8.45. The first-order valence-corrected chi connectivity index (χ1v) is 8.45. The maximum absolute atomic E-state index is 5.82. The summed E-state index contributed by atoms with van der Waals surface area (Å²) in [5.41, 5.74) is 2.28. The number of hydrogen-bond acceptors (Lipinski definition) is 4. The third kappa shape index (κ3) is 9.86. The highest BCUT2D eigenvalue weighted by Crippen LogP contribution is 2.20. The Labute approximate surface area is 169 Å². The van der Waals surface area contributed by atoms with Crippen LogP contribution in [-0.2, 0) is 11.3 Å². The van der Waals surface area contributed by atoms with Gasteiger partial charge in [0.05, 0.1) is 6.61 Å². The highest BCUT2D eigenvalue weighted by molar-refractivity contribution is 14.0. The lowest BCUT2D eigenvalue weighted by Gasteiger charge is -2.17. The number of likely N-dealkylation sites (N-methyl/N-ethyl adjacent to an activating group) is 1. The van der Waals surface area contributed by atoms with Gasteiger partial charge < -0.3 is 25.0 Å². The Hall–Kier alpha value is -1.06. The molecule has 1 aromatic carbocycles. The molecule has 0 spiro atoms. The Morgan fingerprint density at radius 1 is 1.24 bits per heavy atom. The average molecular weight is 464 g/mol. The number of nitrogens with one attached hydrogen (secondary N) is 2. The van der Waals surface area contributed by atoms with E-state index < -0.39 is 0 Å². The predicted molar refractivity (Wildman–Crippen MR) is 115 cm³/mol. The number of aliphatic imine (C=N–C) groups is 1. The fourth-order valence-corrected chi connectivity index (χ4v) is 2.10. The van der Waals surface area contributed by atoms with Gasteiger partial charge in [-0.15, -0.1) is 24.0 Å². The number of guanidine groups is 1. The van der Waals surface area contributed by atoms with Crippen molar-refractivity contribution in [1.29, 1.82) is 0 Å². The van der Waals surface area contributed by atoms with Gasteiger partial charge in [-0.25, -0.2) is 0 Å². The Balaban J connectivity index is 0.00000576. The predicted octanol–water partition coefficient (Wildman–Crippen LogP) is 2.25. The lowest BCUT2D eigenvalue weighted by molar-refractivity contribution is 0.145. The smallest absolute Gasteiger partial charge is 0.191 e. The molecule has 0 atom stereocenters. The van der Waals surface area contributed by atoms with Gasteiger partial charge in [0, 0.05) is 39.4 Å². The highest BCUT2D eigenvalue weighted by atomic mass is 127. The quantitative estimate of drug-likeness (QED) is 0.241. The molecule has 1 rings (SSSR count). The van der Waals surface area contributed by atoms with Gasteiger partial charge in [0.15, 0.2) is 5.96 Å². The van der Waals surface area contributed by atoms with Gasteiger partial charge in [-0.05, 0) is 32.1 Å². The SMILES string of the molecule is CCN(C)CCNC(=NC)NCc1ccc(C)cc1OCCOC.I. The van der Waals surface area contributed by atoms with E-state index in [-0.39, 0.29) is 24.0 Å². The monoisotopic (exact) mass is 464 g/mol. The minimum Gasteiger partial charge on any atom is -0.491 e. The van der Waals surface area contributed by atoms with Crippen LogP contribution in [0.1, 0.15) is 18.1 Å². The van der Waals surface area contributed by atoms with Gasteiger partial charge in [-0.2, -0.15) is 0 Å². The van der Waals surface area contributed by atoms with Gasteiger partial charge in [-0.3, -0.25) is 4.99 Å². The number of hydrogen-bond donors (Lipinski definition) is 2. The van der Waals surface area contributed by atoms with E-state index in [1.165, 1.54) is 5.56 Å². The Kier molecular flexibility index (Phi) is 13.5. The van der Waals surface area contributed by atoms with Gasteiger partial charge in [0.1, 0.15) is 12.4 Å². The fraction of sp³-hybridized carbons (Fsp3) is 0.611. The van der Waals surface area contributed by atoms with E-state index >= 15 is 0 Å². The molecule has 0 aromatic heterocycles. The largest absolute Gasteiger partial charge is 0.491 e. The van der Waals surface area contributed by atoms with Crippen LogP contribution in [0.15, 0.2) is 23.2 Å². The molecule has 0 unspecified atom stereocenters. The summed E-state index contributed by atoms with van der Waals surface area (Å²) in [7, 11) is 5.56. The molecule has 0 aliphatic heterocycles. The summed E-state index contributed by atoms with van der Waals surface area (Å²) < 4.78 is 10.9. The average Bonchev–Trinajstić information content (AvgIpc) is 2.59. The molecule has 0 amide bonds. The Bertz CT molecular complexity index is 512. The number of ether oxygens (including phenoxy) is 2. The second-order valence-corrected chi connectivity index (χ2v) is 5.70. The number of methoxy groups -OCH3 is 1. The van der Waals surface area contributed by atoms with E-state index in [0.29, 0.717) is 19.8 Å². The fourth-order valence-electron chi connectivity index (χ4n) is 2.10. The van der Waals surface area contributed by atoms with Crippen molar-refractivity contribution in [2.75, 3.05) is 54.1 Å². The molecule has 7 heteroatoms. The molecule has 0 bridgehead atoms. The zero-order chi connectivity index (χ0) is 17.8. The first kappa shape index (κ1) is 23.9. The standard InChI is InChI=1S/C18H32N4O2.HI/c1-6-22(4)10-9-20-18(19-3)21-14-16-8-7-15(2)13-17(16)24-12-11-23-5;/h7-8,13H,6,9-12,14H2,1-5H3,(H2,19,20,21);1H. The molecule has 1 aromatic rings. The molecule has 0 aliphatic rings. The van der Waals surface area contributed by atoms with E-state index in [1.807, 2.05) is 0 Å². The number of benzene rings is 1. The van der Waals surface area contributed by atoms with Gasteiger partial charge in [0.2, 0.25) is 0 Å². The highest BCUT2D eigenvalue weighted by Gasteiger charge is 2.06. The molecule has 0 heterocycles. The van der Waals surface area contributed by atoms with Crippen LogP contribution in [0, 0.1) is 6.92 Å². The summed E-state index contributed by atoms with van der Waals surface area (Å²) in [6, 6.07) is 6.23.